The van der Waals surface area contributed by atoms with Crippen LogP contribution in [-0.4, -0.2) is 27.6 Å². The molecule has 3 rings (SSSR count). The minimum atomic E-state index is -1.39. The molecule has 0 aliphatic heterocycles. The van der Waals surface area contributed by atoms with Gasteiger partial charge in [0.05, 0.1) is 21.3 Å². The van der Waals surface area contributed by atoms with Gasteiger partial charge in [-0.2, -0.15) is 0 Å². The molecule has 0 fully saturated rings. The summed E-state index contributed by atoms with van der Waals surface area (Å²) >= 11 is 0. The average Bonchev–Trinajstić information content (AvgIpc) is 2.73. The molecule has 0 atom stereocenters. The van der Waals surface area contributed by atoms with Crippen molar-refractivity contribution in [1.82, 2.24) is 0 Å². The van der Waals surface area contributed by atoms with Crippen LogP contribution in [0.15, 0.2) is 72.8 Å². The first-order valence-electron chi connectivity index (χ1n) is 8.58. The van der Waals surface area contributed by atoms with Crippen molar-refractivity contribution in [3.63, 3.8) is 0 Å². The Hall–Kier alpha value is -2.92. The molecule has 5 heteroatoms. The van der Waals surface area contributed by atoms with Crippen molar-refractivity contribution in [2.75, 3.05) is 21.3 Å². The lowest BCUT2D eigenvalue weighted by atomic mass is 9.25. The Bertz CT molecular complexity index is 730. The molecule has 134 valence electrons. The SMILES string of the molecule is COc1ccc([B-]([NH3+])(c2ccc(OC)cc2)c2ccc(OC)cc2)cc1. The minimum absolute atomic E-state index is 0.830. The Kier molecular flexibility index (Phi) is 5.19. The molecule has 3 N–H and O–H groups in total. The number of quaternary nitrogens is 1. The quantitative estimate of drug-likeness (QED) is 0.674. The summed E-state index contributed by atoms with van der Waals surface area (Å²) in [6.45, 7) is 0. The highest BCUT2D eigenvalue weighted by Crippen LogP contribution is 2.13. The smallest absolute Gasteiger partial charge is 0.286 e. The summed E-state index contributed by atoms with van der Waals surface area (Å²) in [5.41, 5.74) is 8.11. The van der Waals surface area contributed by atoms with Crippen LogP contribution >= 0.6 is 0 Å². The van der Waals surface area contributed by atoms with Gasteiger partial charge in [0, 0.05) is 0 Å². The molecule has 0 aliphatic carbocycles. The van der Waals surface area contributed by atoms with E-state index in [0.717, 1.165) is 33.6 Å². The molecule has 0 heterocycles. The van der Waals surface area contributed by atoms with Crippen LogP contribution in [0.25, 0.3) is 0 Å². The van der Waals surface area contributed by atoms with Gasteiger partial charge in [0.15, 0.2) is 0 Å². The Morgan fingerprint density at radius 1 is 0.500 bits per heavy atom. The lowest BCUT2D eigenvalue weighted by Crippen LogP contribution is -2.94. The number of hydrogen-bond donors (Lipinski definition) is 1. The fourth-order valence-corrected chi connectivity index (χ4v) is 3.37. The molecule has 3 aromatic carbocycles. The topological polar surface area (TPSA) is 55.3 Å². The molecule has 0 aromatic heterocycles. The van der Waals surface area contributed by atoms with Crippen molar-refractivity contribution in [2.24, 2.45) is 0 Å². The lowest BCUT2D eigenvalue weighted by Gasteiger charge is -2.33. The van der Waals surface area contributed by atoms with Crippen molar-refractivity contribution in [2.45, 2.75) is 0 Å². The van der Waals surface area contributed by atoms with Crippen LogP contribution in [0.3, 0.4) is 0 Å². The molecule has 0 aliphatic rings. The standard InChI is InChI=1S/C21H24BNO3/c1-24-19-10-4-16(5-11-19)22(23,17-6-12-20(25-2)13-7-17)18-8-14-21(26-3)15-9-18/h4-15H,1-3,23H3. The van der Waals surface area contributed by atoms with Crippen LogP contribution in [-0.2, 0) is 0 Å². The maximum absolute atomic E-state index is 5.31. The molecule has 0 saturated heterocycles. The van der Waals surface area contributed by atoms with Crippen LogP contribution in [0.5, 0.6) is 17.2 Å². The molecule has 0 amide bonds. The second-order valence-corrected chi connectivity index (χ2v) is 6.36. The van der Waals surface area contributed by atoms with Crippen molar-refractivity contribution in [3.8, 4) is 17.2 Å². The number of ether oxygens (including phenoxy) is 3. The highest BCUT2D eigenvalue weighted by Gasteiger charge is 2.33. The Balaban J connectivity index is 2.15. The van der Waals surface area contributed by atoms with E-state index in [1.807, 2.05) is 36.4 Å². The zero-order valence-electron chi connectivity index (χ0n) is 15.4. The molecule has 0 radical (unpaired) electrons. The van der Waals surface area contributed by atoms with Gasteiger partial charge >= 0.3 is 0 Å². The highest BCUT2D eigenvalue weighted by molar-refractivity contribution is 7.04. The molecule has 0 unspecified atom stereocenters. The van der Waals surface area contributed by atoms with Crippen LogP contribution < -0.4 is 36.2 Å². The number of hydrogen-bond acceptors (Lipinski definition) is 3. The third-order valence-corrected chi connectivity index (χ3v) is 5.05. The van der Waals surface area contributed by atoms with Gasteiger partial charge in [-0.05, 0) is 36.4 Å². The van der Waals surface area contributed by atoms with Crippen LogP contribution in [0, 0.1) is 0 Å². The fraction of sp³-hybridized carbons (Fsp3) is 0.143. The molecule has 0 saturated carbocycles. The van der Waals surface area contributed by atoms with E-state index in [1.165, 1.54) is 0 Å². The maximum Gasteiger partial charge on any atom is 0.286 e. The Morgan fingerprint density at radius 3 is 0.923 bits per heavy atom. The first kappa shape index (κ1) is 17.9. The second-order valence-electron chi connectivity index (χ2n) is 6.36. The predicted molar refractivity (Wildman–Crippen MR) is 107 cm³/mol. The van der Waals surface area contributed by atoms with Gasteiger partial charge in [0.1, 0.15) is 17.2 Å². The summed E-state index contributed by atoms with van der Waals surface area (Å²) < 4.78 is 15.9. The van der Waals surface area contributed by atoms with Gasteiger partial charge in [0.2, 0.25) is 0 Å². The van der Waals surface area contributed by atoms with Crippen LogP contribution in [0.1, 0.15) is 0 Å². The molecule has 26 heavy (non-hydrogen) atoms. The summed E-state index contributed by atoms with van der Waals surface area (Å²) in [6.07, 6.45) is -1.39. The number of methoxy groups -OCH3 is 3. The number of rotatable bonds is 6. The van der Waals surface area contributed by atoms with E-state index in [-0.39, 0.29) is 0 Å². The van der Waals surface area contributed by atoms with E-state index in [9.17, 15) is 0 Å². The van der Waals surface area contributed by atoms with E-state index in [4.69, 9.17) is 14.2 Å². The number of benzene rings is 3. The van der Waals surface area contributed by atoms with Gasteiger partial charge in [-0.15, -0.1) is 16.4 Å². The minimum Gasteiger partial charge on any atom is -0.536 e. The van der Waals surface area contributed by atoms with Crippen molar-refractivity contribution in [1.29, 1.82) is 0 Å². The van der Waals surface area contributed by atoms with Gasteiger partial charge in [-0.3, -0.25) is 0 Å². The summed E-state index contributed by atoms with van der Waals surface area (Å²) in [5.74, 6) is 2.49. The van der Waals surface area contributed by atoms with Gasteiger partial charge < -0.3 is 19.9 Å². The molecule has 0 spiro atoms. The fourth-order valence-electron chi connectivity index (χ4n) is 3.37. The van der Waals surface area contributed by atoms with E-state index in [2.05, 4.69) is 42.0 Å². The Morgan fingerprint density at radius 2 is 0.731 bits per heavy atom. The lowest BCUT2D eigenvalue weighted by molar-refractivity contribution is -0.193. The molecular formula is C21H24BNO3. The van der Waals surface area contributed by atoms with Crippen LogP contribution in [0.2, 0.25) is 0 Å². The van der Waals surface area contributed by atoms with E-state index in [1.54, 1.807) is 21.3 Å². The summed E-state index contributed by atoms with van der Waals surface area (Å²) in [4.78, 5) is 0. The predicted octanol–water partition coefficient (Wildman–Crippen LogP) is 0.921. The van der Waals surface area contributed by atoms with Crippen molar-refractivity contribution >= 4 is 22.7 Å². The second kappa shape index (κ2) is 7.54. The summed E-state index contributed by atoms with van der Waals surface area (Å²) in [5, 5.41) is 0. The summed E-state index contributed by atoms with van der Waals surface area (Å²) in [6, 6.07) is 24.4. The van der Waals surface area contributed by atoms with Gasteiger partial charge in [-0.1, -0.05) is 36.4 Å². The molecular weight excluding hydrogens is 325 g/mol. The first-order valence-corrected chi connectivity index (χ1v) is 8.58. The van der Waals surface area contributed by atoms with Gasteiger partial charge in [-0.25, -0.2) is 0 Å². The van der Waals surface area contributed by atoms with Crippen LogP contribution in [0.4, 0.5) is 0 Å². The van der Waals surface area contributed by atoms with E-state index < -0.39 is 6.28 Å². The molecule has 4 nitrogen and oxygen atoms in total. The van der Waals surface area contributed by atoms with E-state index in [0.29, 0.717) is 0 Å². The van der Waals surface area contributed by atoms with E-state index >= 15 is 0 Å². The maximum atomic E-state index is 5.31. The molecule has 0 bridgehead atoms. The monoisotopic (exact) mass is 349 g/mol. The Labute approximate surface area is 154 Å². The summed E-state index contributed by atoms with van der Waals surface area (Å²) in [7, 11) is 5.01. The van der Waals surface area contributed by atoms with Crippen molar-refractivity contribution in [3.05, 3.63) is 72.8 Å². The normalized spacial score (nSPS) is 11.1. The third kappa shape index (κ3) is 3.26. The van der Waals surface area contributed by atoms with Gasteiger partial charge in [0.25, 0.3) is 6.28 Å². The highest BCUT2D eigenvalue weighted by atomic mass is 16.5. The van der Waals surface area contributed by atoms with Crippen molar-refractivity contribution < 1.29 is 19.9 Å². The zero-order valence-corrected chi connectivity index (χ0v) is 15.4. The first-order chi connectivity index (χ1) is 12.6. The molecule has 3 aromatic rings. The third-order valence-electron chi connectivity index (χ3n) is 5.05. The largest absolute Gasteiger partial charge is 0.536 e. The zero-order chi connectivity index (χ0) is 18.6. The average molecular weight is 349 g/mol.